The van der Waals surface area contributed by atoms with Crippen LogP contribution < -0.4 is 5.32 Å². The van der Waals surface area contributed by atoms with Crippen LogP contribution >= 0.6 is 0 Å². The summed E-state index contributed by atoms with van der Waals surface area (Å²) in [6.45, 7) is 2.72. The van der Waals surface area contributed by atoms with Crippen molar-refractivity contribution >= 4 is 23.2 Å². The highest BCUT2D eigenvalue weighted by Crippen LogP contribution is 2.27. The molecule has 0 aliphatic heterocycles. The number of benzene rings is 2. The van der Waals surface area contributed by atoms with Crippen molar-refractivity contribution < 1.29 is 19.1 Å². The van der Waals surface area contributed by atoms with Crippen LogP contribution in [0.25, 0.3) is 11.0 Å². The van der Waals surface area contributed by atoms with Gasteiger partial charge in [-0.05, 0) is 49.9 Å². The van der Waals surface area contributed by atoms with E-state index in [1.165, 1.54) is 12.5 Å². The van der Waals surface area contributed by atoms with Gasteiger partial charge in [0.2, 0.25) is 0 Å². The molecule has 0 aliphatic carbocycles. The van der Waals surface area contributed by atoms with Crippen LogP contribution in [0.1, 0.15) is 34.2 Å². The van der Waals surface area contributed by atoms with E-state index in [0.717, 1.165) is 18.4 Å². The second-order valence-corrected chi connectivity index (χ2v) is 7.00. The summed E-state index contributed by atoms with van der Waals surface area (Å²) in [7, 11) is 0. The van der Waals surface area contributed by atoms with Gasteiger partial charge in [-0.2, -0.15) is 0 Å². The van der Waals surface area contributed by atoms with Crippen LogP contribution in [0.15, 0.2) is 52.9 Å². The van der Waals surface area contributed by atoms with E-state index in [4.69, 9.17) is 4.42 Å². The van der Waals surface area contributed by atoms with E-state index in [1.807, 2.05) is 36.4 Å². The molecule has 1 atom stereocenters. The Morgan fingerprint density at radius 1 is 1.15 bits per heavy atom. The van der Waals surface area contributed by atoms with Gasteiger partial charge >= 0.3 is 0 Å². The zero-order valence-corrected chi connectivity index (χ0v) is 15.5. The lowest BCUT2D eigenvalue weighted by molar-refractivity contribution is -0.113. The molecule has 5 heteroatoms. The molecule has 0 saturated heterocycles. The predicted octanol–water partition coefficient (Wildman–Crippen LogP) is 3.21. The van der Waals surface area contributed by atoms with E-state index in [-0.39, 0.29) is 0 Å². The molecule has 1 unspecified atom stereocenters. The minimum Gasteiger partial charge on any atom is -0.461 e. The molecule has 0 spiro atoms. The summed E-state index contributed by atoms with van der Waals surface area (Å²) in [5.74, 6) is 0.0454. The fourth-order valence-corrected chi connectivity index (χ4v) is 3.07. The molecule has 27 heavy (non-hydrogen) atoms. The van der Waals surface area contributed by atoms with Gasteiger partial charge in [0.25, 0.3) is 5.91 Å². The van der Waals surface area contributed by atoms with Gasteiger partial charge in [0.05, 0.1) is 12.2 Å². The fourth-order valence-electron chi connectivity index (χ4n) is 3.07. The van der Waals surface area contributed by atoms with E-state index in [1.54, 1.807) is 6.92 Å². The minimum absolute atomic E-state index is 0.396. The van der Waals surface area contributed by atoms with Gasteiger partial charge in [-0.3, -0.25) is 4.79 Å². The van der Waals surface area contributed by atoms with Crippen LogP contribution in [-0.2, 0) is 17.6 Å². The third-order valence-corrected chi connectivity index (χ3v) is 4.69. The highest BCUT2D eigenvalue weighted by Gasteiger charge is 2.28. The maximum Gasteiger partial charge on any atom is 0.256 e. The predicted molar refractivity (Wildman–Crippen MR) is 104 cm³/mol. The van der Waals surface area contributed by atoms with Crippen LogP contribution in [0.5, 0.6) is 0 Å². The van der Waals surface area contributed by atoms with Crippen molar-refractivity contribution in [2.24, 2.45) is 0 Å². The second kappa shape index (κ2) is 7.76. The smallest absolute Gasteiger partial charge is 0.256 e. The minimum atomic E-state index is -1.32. The Bertz CT molecular complexity index is 961. The number of nitrogens with one attached hydrogen (secondary N) is 1. The number of aryl methyl sites for hydroxylation is 3. The molecular weight excluding hydrogens is 342 g/mol. The normalized spacial score (nSPS) is 13.3. The molecular formula is C22H23NO4. The molecule has 1 aromatic heterocycles. The van der Waals surface area contributed by atoms with Crippen molar-refractivity contribution in [3.63, 3.8) is 0 Å². The van der Waals surface area contributed by atoms with Crippen molar-refractivity contribution in [1.29, 1.82) is 0 Å². The Morgan fingerprint density at radius 2 is 1.85 bits per heavy atom. The molecule has 140 valence electrons. The summed E-state index contributed by atoms with van der Waals surface area (Å²) < 4.78 is 5.71. The molecule has 0 aliphatic rings. The molecule has 0 radical (unpaired) electrons. The highest BCUT2D eigenvalue weighted by molar-refractivity contribution is 6.08. The van der Waals surface area contributed by atoms with E-state index < -0.39 is 18.1 Å². The Kier molecular flexibility index (Phi) is 5.42. The van der Waals surface area contributed by atoms with Crippen LogP contribution in [0.3, 0.4) is 0 Å². The van der Waals surface area contributed by atoms with Crippen molar-refractivity contribution in [3.05, 3.63) is 71.0 Å². The van der Waals surface area contributed by atoms with Gasteiger partial charge in [-0.15, -0.1) is 0 Å². The van der Waals surface area contributed by atoms with Crippen LogP contribution in [0, 0.1) is 6.92 Å². The van der Waals surface area contributed by atoms with Crippen LogP contribution in [0.2, 0.25) is 0 Å². The first-order valence-electron chi connectivity index (χ1n) is 8.91. The van der Waals surface area contributed by atoms with Crippen molar-refractivity contribution in [2.75, 3.05) is 6.61 Å². The molecule has 1 amide bonds. The number of aliphatic hydroxyl groups is 1. The maximum atomic E-state index is 12.7. The van der Waals surface area contributed by atoms with Gasteiger partial charge < -0.3 is 19.6 Å². The third-order valence-electron chi connectivity index (χ3n) is 4.69. The quantitative estimate of drug-likeness (QED) is 0.630. The van der Waals surface area contributed by atoms with Crippen molar-refractivity contribution in [3.8, 4) is 0 Å². The van der Waals surface area contributed by atoms with Gasteiger partial charge in [0.1, 0.15) is 23.2 Å². The SMILES string of the molecule is Cc1oc2ccc(CCc3ccccc3)cc2c1C(=O)NC(C)(C=O)CO. The topological polar surface area (TPSA) is 79.5 Å². The van der Waals surface area contributed by atoms with Crippen LogP contribution in [0.4, 0.5) is 0 Å². The Hall–Kier alpha value is -2.92. The number of hydrogen-bond donors (Lipinski definition) is 2. The molecule has 0 saturated carbocycles. The number of aldehydes is 1. The maximum absolute atomic E-state index is 12.7. The van der Waals surface area contributed by atoms with Crippen LogP contribution in [-0.4, -0.2) is 29.4 Å². The lowest BCUT2D eigenvalue weighted by Crippen LogP contribution is -2.50. The van der Waals surface area contributed by atoms with E-state index >= 15 is 0 Å². The number of carbonyl (C=O) groups is 2. The molecule has 5 nitrogen and oxygen atoms in total. The lowest BCUT2D eigenvalue weighted by Gasteiger charge is -2.21. The number of hydrogen-bond acceptors (Lipinski definition) is 4. The molecule has 1 heterocycles. The van der Waals surface area contributed by atoms with E-state index in [0.29, 0.717) is 28.6 Å². The summed E-state index contributed by atoms with van der Waals surface area (Å²) in [5, 5.41) is 12.7. The van der Waals surface area contributed by atoms with Crippen molar-refractivity contribution in [2.45, 2.75) is 32.2 Å². The van der Waals surface area contributed by atoms with Gasteiger partial charge in [-0.1, -0.05) is 36.4 Å². The zero-order valence-electron chi connectivity index (χ0n) is 15.5. The zero-order chi connectivity index (χ0) is 19.4. The summed E-state index contributed by atoms with van der Waals surface area (Å²) in [6, 6.07) is 16.0. The second-order valence-electron chi connectivity index (χ2n) is 7.00. The number of fused-ring (bicyclic) bond motifs is 1. The number of amides is 1. The highest BCUT2D eigenvalue weighted by atomic mass is 16.3. The lowest BCUT2D eigenvalue weighted by atomic mass is 10.0. The standard InChI is InChI=1S/C22H23NO4/c1-15-20(21(26)23-22(2,13-24)14-25)18-12-17(10-11-19(18)27-15)9-8-16-6-4-3-5-7-16/h3-7,10-13,25H,8-9,14H2,1-2H3,(H,23,26). The third kappa shape index (κ3) is 4.09. The largest absolute Gasteiger partial charge is 0.461 e. The Balaban J connectivity index is 1.88. The summed E-state index contributed by atoms with van der Waals surface area (Å²) >= 11 is 0. The Morgan fingerprint density at radius 3 is 2.52 bits per heavy atom. The number of aliphatic hydroxyl groups excluding tert-OH is 1. The average molecular weight is 365 g/mol. The number of rotatable bonds is 7. The first-order valence-corrected chi connectivity index (χ1v) is 8.91. The molecule has 2 N–H and O–H groups in total. The van der Waals surface area contributed by atoms with Gasteiger partial charge in [0.15, 0.2) is 0 Å². The first-order chi connectivity index (χ1) is 13.0. The number of furan rings is 1. The van der Waals surface area contributed by atoms with E-state index in [9.17, 15) is 14.7 Å². The molecule has 3 rings (SSSR count). The monoisotopic (exact) mass is 365 g/mol. The van der Waals surface area contributed by atoms with Crippen molar-refractivity contribution in [1.82, 2.24) is 5.32 Å². The Labute approximate surface area is 158 Å². The summed E-state index contributed by atoms with van der Waals surface area (Å²) in [4.78, 5) is 23.9. The van der Waals surface area contributed by atoms with Gasteiger partial charge in [0, 0.05) is 5.39 Å². The fraction of sp³-hybridized carbons (Fsp3) is 0.273. The molecule has 0 fully saturated rings. The number of carbonyl (C=O) groups excluding carboxylic acids is 2. The summed E-state index contributed by atoms with van der Waals surface area (Å²) in [6.07, 6.45) is 2.28. The van der Waals surface area contributed by atoms with Gasteiger partial charge in [-0.25, -0.2) is 0 Å². The molecule has 0 bridgehead atoms. The summed E-state index contributed by atoms with van der Waals surface area (Å²) in [5.41, 5.74) is 2.05. The first kappa shape index (κ1) is 18.9. The molecule has 2 aromatic carbocycles. The average Bonchev–Trinajstić information content (AvgIpc) is 3.02. The molecule has 3 aromatic rings. The van der Waals surface area contributed by atoms with E-state index in [2.05, 4.69) is 17.4 Å².